The largest absolute Gasteiger partial charge is 0.427 e. The third-order valence-corrected chi connectivity index (χ3v) is 1.44. The summed E-state index contributed by atoms with van der Waals surface area (Å²) in [5, 5.41) is 10.4. The Bertz CT molecular complexity index is 354. The van der Waals surface area contributed by atoms with Gasteiger partial charge in [0.25, 0.3) is 0 Å². The van der Waals surface area contributed by atoms with Gasteiger partial charge in [-0.3, -0.25) is 10.1 Å². The molecular weight excluding hydrogens is 196 g/mol. The molecule has 6 heteroatoms. The SMILES string of the molecule is [CH2]c1ccc(OC(F)F)c([N+](=O)[O-])c1. The van der Waals surface area contributed by atoms with E-state index >= 15 is 0 Å². The highest BCUT2D eigenvalue weighted by atomic mass is 19.3. The highest BCUT2D eigenvalue weighted by Gasteiger charge is 2.17. The summed E-state index contributed by atoms with van der Waals surface area (Å²) in [6.07, 6.45) is 0. The van der Waals surface area contributed by atoms with E-state index in [0.29, 0.717) is 5.56 Å². The van der Waals surface area contributed by atoms with Crippen LogP contribution < -0.4 is 4.74 Å². The van der Waals surface area contributed by atoms with Crippen molar-refractivity contribution in [2.24, 2.45) is 0 Å². The van der Waals surface area contributed by atoms with Crippen molar-refractivity contribution in [1.29, 1.82) is 0 Å². The number of hydrogen-bond donors (Lipinski definition) is 0. The van der Waals surface area contributed by atoms with Crippen LogP contribution >= 0.6 is 0 Å². The van der Waals surface area contributed by atoms with Gasteiger partial charge in [0.2, 0.25) is 5.75 Å². The number of hydrogen-bond acceptors (Lipinski definition) is 3. The summed E-state index contributed by atoms with van der Waals surface area (Å²) in [4.78, 5) is 9.61. The summed E-state index contributed by atoms with van der Waals surface area (Å²) in [5.41, 5.74) is -0.156. The molecular formula is C8H6F2NO3. The molecule has 1 aromatic rings. The minimum atomic E-state index is -3.08. The van der Waals surface area contributed by atoms with Gasteiger partial charge >= 0.3 is 12.3 Å². The fourth-order valence-electron chi connectivity index (χ4n) is 0.901. The van der Waals surface area contributed by atoms with Crippen molar-refractivity contribution >= 4 is 5.69 Å². The average Bonchev–Trinajstić information content (AvgIpc) is 2.07. The van der Waals surface area contributed by atoms with Crippen molar-refractivity contribution in [3.8, 4) is 5.75 Å². The van der Waals surface area contributed by atoms with Gasteiger partial charge in [-0.15, -0.1) is 0 Å². The van der Waals surface area contributed by atoms with Gasteiger partial charge in [-0.2, -0.15) is 8.78 Å². The van der Waals surface area contributed by atoms with Crippen molar-refractivity contribution in [3.05, 3.63) is 40.8 Å². The van der Waals surface area contributed by atoms with Gasteiger partial charge in [-0.05, 0) is 18.6 Å². The molecule has 14 heavy (non-hydrogen) atoms. The molecule has 0 bridgehead atoms. The van der Waals surface area contributed by atoms with Crippen molar-refractivity contribution < 1.29 is 18.4 Å². The highest BCUT2D eigenvalue weighted by Crippen LogP contribution is 2.28. The summed E-state index contributed by atoms with van der Waals surface area (Å²) in [5.74, 6) is -0.461. The Kier molecular flexibility index (Phi) is 2.95. The van der Waals surface area contributed by atoms with Gasteiger partial charge in [0.15, 0.2) is 0 Å². The standard InChI is InChI=1S/C8H6F2NO3/c1-5-2-3-7(14-8(9)10)6(4-5)11(12)13/h2-4,8H,1H2. The molecule has 0 aliphatic carbocycles. The fraction of sp³-hybridized carbons (Fsp3) is 0.125. The zero-order valence-electron chi connectivity index (χ0n) is 6.94. The molecule has 1 rings (SSSR count). The van der Waals surface area contributed by atoms with Crippen LogP contribution in [-0.2, 0) is 0 Å². The van der Waals surface area contributed by atoms with E-state index in [9.17, 15) is 18.9 Å². The third kappa shape index (κ3) is 2.38. The molecule has 0 aromatic heterocycles. The molecule has 4 nitrogen and oxygen atoms in total. The first-order chi connectivity index (χ1) is 6.50. The first-order valence-corrected chi connectivity index (χ1v) is 3.56. The minimum Gasteiger partial charge on any atom is -0.427 e. The quantitative estimate of drug-likeness (QED) is 0.558. The van der Waals surface area contributed by atoms with Crippen molar-refractivity contribution in [2.45, 2.75) is 6.61 Å². The van der Waals surface area contributed by atoms with E-state index in [2.05, 4.69) is 11.7 Å². The maximum Gasteiger partial charge on any atom is 0.387 e. The molecule has 0 saturated carbocycles. The number of benzene rings is 1. The number of rotatable bonds is 3. The van der Waals surface area contributed by atoms with Gasteiger partial charge in [0, 0.05) is 6.07 Å². The second-order valence-electron chi connectivity index (χ2n) is 2.44. The summed E-state index contributed by atoms with van der Waals surface area (Å²) in [6, 6.07) is 3.51. The van der Waals surface area contributed by atoms with E-state index in [-0.39, 0.29) is 0 Å². The summed E-state index contributed by atoms with van der Waals surface area (Å²) in [6.45, 7) is 0.357. The Morgan fingerprint density at radius 3 is 2.64 bits per heavy atom. The molecule has 0 amide bonds. The lowest BCUT2D eigenvalue weighted by Gasteiger charge is -2.04. The van der Waals surface area contributed by atoms with Gasteiger partial charge in [0.1, 0.15) is 0 Å². The molecule has 0 N–H and O–H groups in total. The minimum absolute atomic E-state index is 0.360. The number of alkyl halides is 2. The topological polar surface area (TPSA) is 52.4 Å². The molecule has 0 saturated heterocycles. The second-order valence-corrected chi connectivity index (χ2v) is 2.44. The molecule has 0 unspecified atom stereocenters. The van der Waals surface area contributed by atoms with Crippen LogP contribution in [0, 0.1) is 17.0 Å². The van der Waals surface area contributed by atoms with Crippen molar-refractivity contribution in [1.82, 2.24) is 0 Å². The average molecular weight is 202 g/mol. The van der Waals surface area contributed by atoms with E-state index < -0.39 is 23.0 Å². The van der Waals surface area contributed by atoms with Gasteiger partial charge in [-0.1, -0.05) is 6.07 Å². The summed E-state index contributed by atoms with van der Waals surface area (Å²) in [7, 11) is 0. The van der Waals surface area contributed by atoms with Crippen molar-refractivity contribution in [2.75, 3.05) is 0 Å². The number of nitro benzene ring substituents is 1. The van der Waals surface area contributed by atoms with Crippen LogP contribution in [-0.4, -0.2) is 11.5 Å². The molecule has 0 aliphatic heterocycles. The van der Waals surface area contributed by atoms with E-state index in [1.807, 2.05) is 0 Å². The zero-order valence-corrected chi connectivity index (χ0v) is 6.94. The molecule has 0 spiro atoms. The molecule has 0 fully saturated rings. The van der Waals surface area contributed by atoms with Crippen LogP contribution in [0.3, 0.4) is 0 Å². The van der Waals surface area contributed by atoms with Crippen LogP contribution in [0.15, 0.2) is 18.2 Å². The molecule has 1 radical (unpaired) electrons. The third-order valence-electron chi connectivity index (χ3n) is 1.44. The Morgan fingerprint density at radius 2 is 2.14 bits per heavy atom. The lowest BCUT2D eigenvalue weighted by Crippen LogP contribution is -2.04. The van der Waals surface area contributed by atoms with Crippen LogP contribution in [0.25, 0.3) is 0 Å². The predicted molar refractivity (Wildman–Crippen MR) is 44.2 cm³/mol. The lowest BCUT2D eigenvalue weighted by atomic mass is 10.2. The molecule has 0 atom stereocenters. The first-order valence-electron chi connectivity index (χ1n) is 3.56. The smallest absolute Gasteiger partial charge is 0.387 e. The molecule has 0 heterocycles. The number of ether oxygens (including phenoxy) is 1. The fourth-order valence-corrected chi connectivity index (χ4v) is 0.901. The lowest BCUT2D eigenvalue weighted by molar-refractivity contribution is -0.386. The molecule has 1 aromatic carbocycles. The monoisotopic (exact) mass is 202 g/mol. The van der Waals surface area contributed by atoms with Gasteiger partial charge in [0.05, 0.1) is 4.92 Å². The maximum atomic E-state index is 11.8. The Balaban J connectivity index is 3.08. The summed E-state index contributed by atoms with van der Waals surface area (Å²) < 4.78 is 27.6. The normalized spacial score (nSPS) is 10.3. The molecule has 75 valence electrons. The first kappa shape index (κ1) is 10.4. The predicted octanol–water partition coefficient (Wildman–Crippen LogP) is 2.38. The van der Waals surface area contributed by atoms with E-state index in [1.165, 1.54) is 6.07 Å². The Morgan fingerprint density at radius 1 is 1.50 bits per heavy atom. The van der Waals surface area contributed by atoms with Crippen molar-refractivity contribution in [3.63, 3.8) is 0 Å². The molecule has 0 aliphatic rings. The van der Waals surface area contributed by atoms with E-state index in [0.717, 1.165) is 12.1 Å². The van der Waals surface area contributed by atoms with E-state index in [4.69, 9.17) is 0 Å². The Labute approximate surface area is 78.3 Å². The van der Waals surface area contributed by atoms with Crippen LogP contribution in [0.2, 0.25) is 0 Å². The van der Waals surface area contributed by atoms with Gasteiger partial charge in [-0.25, -0.2) is 0 Å². The summed E-state index contributed by atoms with van der Waals surface area (Å²) >= 11 is 0. The number of nitro groups is 1. The van der Waals surface area contributed by atoms with Gasteiger partial charge < -0.3 is 4.74 Å². The zero-order chi connectivity index (χ0) is 10.7. The van der Waals surface area contributed by atoms with E-state index in [1.54, 1.807) is 0 Å². The second kappa shape index (κ2) is 3.99. The van der Waals surface area contributed by atoms with Crippen LogP contribution in [0.1, 0.15) is 5.56 Å². The highest BCUT2D eigenvalue weighted by molar-refractivity contribution is 5.49. The van der Waals surface area contributed by atoms with Crippen LogP contribution in [0.4, 0.5) is 14.5 Å². The number of halogens is 2. The maximum absolute atomic E-state index is 11.8. The number of nitrogens with zero attached hydrogens (tertiary/aromatic N) is 1. The Hall–Kier alpha value is -1.72. The van der Waals surface area contributed by atoms with Crippen LogP contribution in [0.5, 0.6) is 5.75 Å².